The lowest BCUT2D eigenvalue weighted by molar-refractivity contribution is -0.137. The molecule has 2 aromatic carbocycles. The topological polar surface area (TPSA) is 42.0 Å². The monoisotopic (exact) mass is 376 g/mol. The molecule has 132 valence electrons. The number of nitrogens with zero attached hydrogens (tertiary/aromatic N) is 1. The van der Waals surface area contributed by atoms with Crippen LogP contribution in [-0.4, -0.2) is 10.9 Å². The molecule has 0 aliphatic rings. The zero-order chi connectivity index (χ0) is 18.7. The summed E-state index contributed by atoms with van der Waals surface area (Å²) in [6, 6.07) is 14.6. The minimum Gasteiger partial charge on any atom is -0.322 e. The average molecular weight is 377 g/mol. The van der Waals surface area contributed by atoms with Gasteiger partial charge in [0, 0.05) is 22.5 Å². The first kappa shape index (κ1) is 17.9. The van der Waals surface area contributed by atoms with Gasteiger partial charge in [0.15, 0.2) is 0 Å². The highest BCUT2D eigenvalue weighted by Gasteiger charge is 2.30. The summed E-state index contributed by atoms with van der Waals surface area (Å²) in [6.07, 6.45) is -3.03. The van der Waals surface area contributed by atoms with E-state index in [0.29, 0.717) is 10.7 Å². The van der Waals surface area contributed by atoms with E-state index in [1.807, 2.05) is 12.1 Å². The zero-order valence-corrected chi connectivity index (χ0v) is 14.0. The fraction of sp³-hybridized carbons (Fsp3) is 0.0526. The number of aromatic nitrogens is 1. The van der Waals surface area contributed by atoms with Gasteiger partial charge in [-0.05, 0) is 42.5 Å². The highest BCUT2D eigenvalue weighted by Crippen LogP contribution is 2.30. The quantitative estimate of drug-likeness (QED) is 0.639. The number of hydrogen-bond donors (Lipinski definition) is 1. The molecule has 1 aromatic heterocycles. The normalized spacial score (nSPS) is 11.2. The van der Waals surface area contributed by atoms with Crippen LogP contribution in [0.15, 0.2) is 66.9 Å². The molecule has 0 bridgehead atoms. The minimum atomic E-state index is -4.42. The second kappa shape index (κ2) is 7.17. The Bertz CT molecular complexity index is 923. The molecule has 0 aliphatic carbocycles. The molecule has 1 amide bonds. The van der Waals surface area contributed by atoms with E-state index in [2.05, 4.69) is 10.3 Å². The molecule has 0 radical (unpaired) electrons. The maximum atomic E-state index is 12.5. The number of carbonyl (C=O) groups excluding carboxylic acids is 1. The van der Waals surface area contributed by atoms with Crippen molar-refractivity contribution in [1.29, 1.82) is 0 Å². The van der Waals surface area contributed by atoms with Crippen molar-refractivity contribution < 1.29 is 18.0 Å². The van der Waals surface area contributed by atoms with E-state index in [9.17, 15) is 18.0 Å². The summed E-state index contributed by atoms with van der Waals surface area (Å²) in [5.41, 5.74) is 1.12. The van der Waals surface area contributed by atoms with Gasteiger partial charge in [0.25, 0.3) is 5.91 Å². The van der Waals surface area contributed by atoms with E-state index in [4.69, 9.17) is 11.6 Å². The second-order valence-electron chi connectivity index (χ2n) is 5.44. The predicted octanol–water partition coefficient (Wildman–Crippen LogP) is 5.67. The Balaban J connectivity index is 1.73. The van der Waals surface area contributed by atoms with Crippen LogP contribution in [0.2, 0.25) is 5.02 Å². The highest BCUT2D eigenvalue weighted by atomic mass is 35.5. The van der Waals surface area contributed by atoms with Crippen LogP contribution < -0.4 is 5.32 Å². The van der Waals surface area contributed by atoms with Gasteiger partial charge in [-0.25, -0.2) is 0 Å². The molecule has 0 spiro atoms. The molecule has 3 rings (SSSR count). The van der Waals surface area contributed by atoms with Crippen LogP contribution in [0.5, 0.6) is 0 Å². The summed E-state index contributed by atoms with van der Waals surface area (Å²) in [4.78, 5) is 16.4. The summed E-state index contributed by atoms with van der Waals surface area (Å²) in [5, 5.41) is 3.08. The fourth-order valence-corrected chi connectivity index (χ4v) is 2.53. The molecule has 1 heterocycles. The molecule has 0 aliphatic heterocycles. The van der Waals surface area contributed by atoms with Gasteiger partial charge in [0.1, 0.15) is 0 Å². The molecule has 0 saturated heterocycles. The molecule has 3 nitrogen and oxygen atoms in total. The molecule has 3 aromatic rings. The molecule has 26 heavy (non-hydrogen) atoms. The average Bonchev–Trinajstić information content (AvgIpc) is 2.62. The maximum absolute atomic E-state index is 12.5. The smallest absolute Gasteiger partial charge is 0.322 e. The Hall–Kier alpha value is -2.86. The number of amides is 1. The standard InChI is InChI=1S/C19H12ClF3N2O/c20-16-4-2-1-3-15(16)17-10-5-12(11-24-17)18(26)25-14-8-6-13(7-9-14)19(21,22)23/h1-11H,(H,25,26). The van der Waals surface area contributed by atoms with Gasteiger partial charge in [-0.2, -0.15) is 13.2 Å². The first-order chi connectivity index (χ1) is 12.3. The summed E-state index contributed by atoms with van der Waals surface area (Å²) < 4.78 is 37.6. The SMILES string of the molecule is O=C(Nc1ccc(C(F)(F)F)cc1)c1ccc(-c2ccccc2Cl)nc1. The van der Waals surface area contributed by atoms with Gasteiger partial charge in [0.2, 0.25) is 0 Å². The summed E-state index contributed by atoms with van der Waals surface area (Å²) in [7, 11) is 0. The summed E-state index contributed by atoms with van der Waals surface area (Å²) in [6.45, 7) is 0. The van der Waals surface area contributed by atoms with Crippen LogP contribution >= 0.6 is 11.6 Å². The number of benzene rings is 2. The third-order valence-electron chi connectivity index (χ3n) is 3.65. The third-order valence-corrected chi connectivity index (χ3v) is 3.98. The lowest BCUT2D eigenvalue weighted by Gasteiger charge is -2.09. The van der Waals surface area contributed by atoms with Crippen LogP contribution in [0.1, 0.15) is 15.9 Å². The van der Waals surface area contributed by atoms with Crippen molar-refractivity contribution in [2.75, 3.05) is 5.32 Å². The van der Waals surface area contributed by atoms with Gasteiger partial charge in [-0.1, -0.05) is 29.8 Å². The molecular weight excluding hydrogens is 365 g/mol. The van der Waals surface area contributed by atoms with Crippen LogP contribution in [0.4, 0.5) is 18.9 Å². The number of alkyl halides is 3. The van der Waals surface area contributed by atoms with E-state index in [0.717, 1.165) is 17.7 Å². The van der Waals surface area contributed by atoms with Crippen molar-refractivity contribution in [3.8, 4) is 11.3 Å². The zero-order valence-electron chi connectivity index (χ0n) is 13.2. The fourth-order valence-electron chi connectivity index (χ4n) is 2.30. The first-order valence-electron chi connectivity index (χ1n) is 7.54. The van der Waals surface area contributed by atoms with Crippen LogP contribution in [0.3, 0.4) is 0 Å². The van der Waals surface area contributed by atoms with Crippen LogP contribution in [0, 0.1) is 0 Å². The third kappa shape index (κ3) is 4.03. The predicted molar refractivity (Wildman–Crippen MR) is 94.1 cm³/mol. The maximum Gasteiger partial charge on any atom is 0.416 e. The Morgan fingerprint density at radius 2 is 1.65 bits per heavy atom. The molecule has 1 N–H and O–H groups in total. The Morgan fingerprint density at radius 1 is 0.962 bits per heavy atom. The molecule has 0 atom stereocenters. The van der Waals surface area contributed by atoms with E-state index in [1.165, 1.54) is 18.3 Å². The number of rotatable bonds is 3. The van der Waals surface area contributed by atoms with Crippen molar-refractivity contribution in [2.24, 2.45) is 0 Å². The number of hydrogen-bond acceptors (Lipinski definition) is 2. The lowest BCUT2D eigenvalue weighted by Crippen LogP contribution is -2.12. The largest absolute Gasteiger partial charge is 0.416 e. The highest BCUT2D eigenvalue weighted by molar-refractivity contribution is 6.33. The van der Waals surface area contributed by atoms with Gasteiger partial charge in [-0.15, -0.1) is 0 Å². The van der Waals surface area contributed by atoms with Gasteiger partial charge < -0.3 is 5.32 Å². The van der Waals surface area contributed by atoms with E-state index in [1.54, 1.807) is 24.3 Å². The lowest BCUT2D eigenvalue weighted by atomic mass is 10.1. The summed E-state index contributed by atoms with van der Waals surface area (Å²) in [5.74, 6) is -0.469. The number of anilines is 1. The van der Waals surface area contributed by atoms with Gasteiger partial charge in [-0.3, -0.25) is 9.78 Å². The minimum absolute atomic E-state index is 0.262. The Morgan fingerprint density at radius 3 is 2.23 bits per heavy atom. The number of pyridine rings is 1. The molecule has 0 unspecified atom stereocenters. The summed E-state index contributed by atoms with van der Waals surface area (Å²) >= 11 is 6.11. The molecule has 0 saturated carbocycles. The van der Waals surface area contributed by atoms with Crippen LogP contribution in [0.25, 0.3) is 11.3 Å². The van der Waals surface area contributed by atoms with E-state index in [-0.39, 0.29) is 11.3 Å². The van der Waals surface area contributed by atoms with Gasteiger partial charge >= 0.3 is 6.18 Å². The second-order valence-corrected chi connectivity index (χ2v) is 5.85. The van der Waals surface area contributed by atoms with E-state index >= 15 is 0 Å². The first-order valence-corrected chi connectivity index (χ1v) is 7.92. The van der Waals surface area contributed by atoms with Crippen molar-refractivity contribution in [2.45, 2.75) is 6.18 Å². The number of halogens is 4. The molecule has 7 heteroatoms. The van der Waals surface area contributed by atoms with Crippen molar-refractivity contribution >= 4 is 23.2 Å². The van der Waals surface area contributed by atoms with Crippen LogP contribution in [-0.2, 0) is 6.18 Å². The number of nitrogens with one attached hydrogen (secondary N) is 1. The van der Waals surface area contributed by atoms with Crippen molar-refractivity contribution in [3.05, 3.63) is 83.0 Å². The molecule has 0 fully saturated rings. The van der Waals surface area contributed by atoms with E-state index < -0.39 is 17.6 Å². The van der Waals surface area contributed by atoms with Crippen molar-refractivity contribution in [1.82, 2.24) is 4.98 Å². The number of carbonyl (C=O) groups is 1. The Labute approximate surface area is 152 Å². The Kier molecular flexibility index (Phi) is 4.95. The van der Waals surface area contributed by atoms with Crippen molar-refractivity contribution in [3.63, 3.8) is 0 Å². The van der Waals surface area contributed by atoms with Gasteiger partial charge in [0.05, 0.1) is 16.8 Å². The molecular formula is C19H12ClF3N2O.